The molecule has 7 heteroatoms. The van der Waals surface area contributed by atoms with Crippen LogP contribution in [0.3, 0.4) is 0 Å². The first kappa shape index (κ1) is 19.4. The summed E-state index contributed by atoms with van der Waals surface area (Å²) in [6.45, 7) is 2.57. The topological polar surface area (TPSA) is 99.2 Å². The smallest absolute Gasteiger partial charge is 0.276 e. The fourth-order valence-electron chi connectivity index (χ4n) is 3.07. The number of amides is 1. The number of nitrogens with two attached hydrogens (primary N) is 1. The van der Waals surface area contributed by atoms with Crippen LogP contribution in [-0.4, -0.2) is 22.8 Å². The third kappa shape index (κ3) is 3.98. The molecule has 0 radical (unpaired) electrons. The number of anilines is 2. The molecular formula is C21H24N4O3. The molecule has 0 atom stereocenters. The zero-order valence-corrected chi connectivity index (χ0v) is 16.1. The lowest BCUT2D eigenvalue weighted by molar-refractivity contribution is 0.102. The van der Waals surface area contributed by atoms with Crippen molar-refractivity contribution >= 4 is 28.1 Å². The molecular weight excluding hydrogens is 356 g/mol. The van der Waals surface area contributed by atoms with Gasteiger partial charge in [-0.25, -0.2) is 4.68 Å². The summed E-state index contributed by atoms with van der Waals surface area (Å²) >= 11 is 0. The van der Waals surface area contributed by atoms with Crippen molar-refractivity contribution in [1.82, 2.24) is 9.78 Å². The molecule has 3 N–H and O–H groups in total. The van der Waals surface area contributed by atoms with Gasteiger partial charge >= 0.3 is 0 Å². The summed E-state index contributed by atoms with van der Waals surface area (Å²) in [6.07, 6.45) is 2.86. The predicted molar refractivity (Wildman–Crippen MR) is 111 cm³/mol. The van der Waals surface area contributed by atoms with Crippen molar-refractivity contribution in [3.05, 3.63) is 58.5 Å². The molecule has 1 heterocycles. The minimum Gasteiger partial charge on any atom is -0.495 e. The van der Waals surface area contributed by atoms with Gasteiger partial charge in [0.1, 0.15) is 5.75 Å². The molecule has 0 saturated carbocycles. The van der Waals surface area contributed by atoms with Crippen molar-refractivity contribution in [3.8, 4) is 5.75 Å². The van der Waals surface area contributed by atoms with Crippen LogP contribution in [0.25, 0.3) is 10.8 Å². The Kier molecular flexibility index (Phi) is 5.93. The summed E-state index contributed by atoms with van der Waals surface area (Å²) in [7, 11) is 1.53. The number of benzene rings is 2. The van der Waals surface area contributed by atoms with E-state index in [4.69, 9.17) is 10.5 Å². The second-order valence-corrected chi connectivity index (χ2v) is 6.54. The highest BCUT2D eigenvalue weighted by Crippen LogP contribution is 2.25. The first-order valence-corrected chi connectivity index (χ1v) is 9.30. The van der Waals surface area contributed by atoms with Gasteiger partial charge in [0.15, 0.2) is 5.69 Å². The van der Waals surface area contributed by atoms with Crippen LogP contribution in [0.1, 0.15) is 36.7 Å². The first-order valence-electron chi connectivity index (χ1n) is 9.30. The first-order chi connectivity index (χ1) is 13.5. The van der Waals surface area contributed by atoms with E-state index in [9.17, 15) is 9.59 Å². The summed E-state index contributed by atoms with van der Waals surface area (Å²) in [6, 6.07) is 12.0. The number of carbonyl (C=O) groups excluding carboxylic acids is 1. The molecule has 0 saturated heterocycles. The molecule has 146 valence electrons. The highest BCUT2D eigenvalue weighted by molar-refractivity contribution is 6.11. The Bertz CT molecular complexity index is 1060. The van der Waals surface area contributed by atoms with Gasteiger partial charge in [0.25, 0.3) is 11.5 Å². The van der Waals surface area contributed by atoms with Crippen LogP contribution in [0.5, 0.6) is 5.75 Å². The van der Waals surface area contributed by atoms with E-state index in [0.717, 1.165) is 19.3 Å². The monoisotopic (exact) mass is 380 g/mol. The minimum atomic E-state index is -0.398. The molecule has 28 heavy (non-hydrogen) atoms. The van der Waals surface area contributed by atoms with Gasteiger partial charge < -0.3 is 15.8 Å². The number of aryl methyl sites for hydroxylation is 1. The van der Waals surface area contributed by atoms with Gasteiger partial charge in [-0.3, -0.25) is 9.59 Å². The summed E-state index contributed by atoms with van der Waals surface area (Å²) in [4.78, 5) is 25.6. The van der Waals surface area contributed by atoms with Crippen molar-refractivity contribution < 1.29 is 9.53 Å². The fourth-order valence-corrected chi connectivity index (χ4v) is 3.07. The van der Waals surface area contributed by atoms with E-state index in [0.29, 0.717) is 34.4 Å². The van der Waals surface area contributed by atoms with E-state index in [2.05, 4.69) is 17.3 Å². The Morgan fingerprint density at radius 1 is 1.18 bits per heavy atom. The van der Waals surface area contributed by atoms with E-state index in [1.165, 1.54) is 11.8 Å². The van der Waals surface area contributed by atoms with Crippen molar-refractivity contribution in [3.63, 3.8) is 0 Å². The summed E-state index contributed by atoms with van der Waals surface area (Å²) in [5.41, 5.74) is 6.88. The van der Waals surface area contributed by atoms with E-state index < -0.39 is 5.91 Å². The van der Waals surface area contributed by atoms with Gasteiger partial charge in [0.2, 0.25) is 0 Å². The highest BCUT2D eigenvalue weighted by atomic mass is 16.5. The van der Waals surface area contributed by atoms with E-state index >= 15 is 0 Å². The minimum absolute atomic E-state index is 0.183. The maximum atomic E-state index is 12.9. The van der Waals surface area contributed by atoms with Crippen LogP contribution in [0.4, 0.5) is 11.4 Å². The van der Waals surface area contributed by atoms with Crippen molar-refractivity contribution in [2.24, 2.45) is 0 Å². The fraction of sp³-hybridized carbons (Fsp3) is 0.286. The number of hydrogen-bond acceptors (Lipinski definition) is 5. The summed E-state index contributed by atoms with van der Waals surface area (Å²) < 4.78 is 6.52. The third-order valence-electron chi connectivity index (χ3n) is 4.54. The van der Waals surface area contributed by atoms with Crippen LogP contribution in [-0.2, 0) is 6.54 Å². The van der Waals surface area contributed by atoms with E-state index in [-0.39, 0.29) is 11.3 Å². The molecule has 1 aromatic heterocycles. The largest absolute Gasteiger partial charge is 0.495 e. The number of nitrogens with zero attached hydrogens (tertiary/aromatic N) is 2. The number of hydrogen-bond donors (Lipinski definition) is 2. The summed E-state index contributed by atoms with van der Waals surface area (Å²) in [5, 5.41) is 8.17. The lowest BCUT2D eigenvalue weighted by Crippen LogP contribution is -2.27. The molecule has 3 rings (SSSR count). The van der Waals surface area contributed by atoms with Gasteiger partial charge in [0.05, 0.1) is 18.2 Å². The maximum absolute atomic E-state index is 12.9. The number of carbonyl (C=O) groups is 1. The number of rotatable bonds is 7. The Balaban J connectivity index is 1.98. The van der Waals surface area contributed by atoms with Crippen molar-refractivity contribution in [2.45, 2.75) is 32.7 Å². The second kappa shape index (κ2) is 8.56. The Hall–Kier alpha value is -3.35. The predicted octanol–water partition coefficient (Wildman–Crippen LogP) is 3.43. The molecule has 0 aliphatic heterocycles. The standard InChI is InChI=1S/C21H24N4O3/c1-3-4-7-12-25-21(27)16-9-6-5-8-15(16)19(24-25)20(26)23-14-10-11-18(28-2)17(22)13-14/h5-6,8-11,13H,3-4,7,12,22H2,1-2H3,(H,23,26). The van der Waals surface area contributed by atoms with Crippen molar-refractivity contribution in [1.29, 1.82) is 0 Å². The number of methoxy groups -OCH3 is 1. The SMILES string of the molecule is CCCCCn1nc(C(=O)Nc2ccc(OC)c(N)c2)c2ccccc2c1=O. The Morgan fingerprint density at radius 2 is 1.93 bits per heavy atom. The molecule has 2 aromatic carbocycles. The second-order valence-electron chi connectivity index (χ2n) is 6.54. The average molecular weight is 380 g/mol. The van der Waals surface area contributed by atoms with Gasteiger partial charge in [-0.05, 0) is 30.7 Å². The average Bonchev–Trinajstić information content (AvgIpc) is 2.70. The molecule has 7 nitrogen and oxygen atoms in total. The van der Waals surface area contributed by atoms with E-state index in [1.54, 1.807) is 42.5 Å². The van der Waals surface area contributed by atoms with E-state index in [1.807, 2.05) is 0 Å². The number of nitrogen functional groups attached to an aromatic ring is 1. The van der Waals surface area contributed by atoms with Crippen LogP contribution >= 0.6 is 0 Å². The normalized spacial score (nSPS) is 10.8. The molecule has 0 aliphatic carbocycles. The third-order valence-corrected chi connectivity index (χ3v) is 4.54. The highest BCUT2D eigenvalue weighted by Gasteiger charge is 2.17. The quantitative estimate of drug-likeness (QED) is 0.483. The molecule has 0 unspecified atom stereocenters. The molecule has 0 spiro atoms. The number of ether oxygens (including phenoxy) is 1. The zero-order valence-electron chi connectivity index (χ0n) is 16.1. The van der Waals surface area contributed by atoms with Crippen molar-refractivity contribution in [2.75, 3.05) is 18.2 Å². The molecule has 3 aromatic rings. The van der Waals surface area contributed by atoms with Crippen LogP contribution < -0.4 is 21.3 Å². The lowest BCUT2D eigenvalue weighted by atomic mass is 10.1. The Labute approximate surface area is 163 Å². The number of fused-ring (bicyclic) bond motifs is 1. The van der Waals surface area contributed by atoms with Gasteiger partial charge in [-0.2, -0.15) is 5.10 Å². The molecule has 0 aliphatic rings. The number of nitrogens with one attached hydrogen (secondary N) is 1. The van der Waals surface area contributed by atoms with Gasteiger partial charge in [-0.1, -0.05) is 38.0 Å². The maximum Gasteiger partial charge on any atom is 0.276 e. The van der Waals surface area contributed by atoms with Crippen LogP contribution in [0, 0.1) is 0 Å². The zero-order chi connectivity index (χ0) is 20.1. The summed E-state index contributed by atoms with van der Waals surface area (Å²) in [5.74, 6) is 0.135. The molecule has 0 bridgehead atoms. The van der Waals surface area contributed by atoms with Gasteiger partial charge in [0, 0.05) is 17.6 Å². The number of unbranched alkanes of at least 4 members (excludes halogenated alkanes) is 2. The molecule has 0 fully saturated rings. The van der Waals surface area contributed by atoms with Gasteiger partial charge in [-0.15, -0.1) is 0 Å². The molecule has 1 amide bonds. The number of aromatic nitrogens is 2. The Morgan fingerprint density at radius 3 is 2.61 bits per heavy atom. The van der Waals surface area contributed by atoms with Crippen LogP contribution in [0.2, 0.25) is 0 Å². The lowest BCUT2D eigenvalue weighted by Gasteiger charge is -2.12. The van der Waals surface area contributed by atoms with Crippen LogP contribution in [0.15, 0.2) is 47.3 Å².